The minimum atomic E-state index is -0.276. The summed E-state index contributed by atoms with van der Waals surface area (Å²) in [5, 5.41) is 3.20. The highest BCUT2D eigenvalue weighted by Crippen LogP contribution is 2.27. The van der Waals surface area contributed by atoms with Crippen LogP contribution in [0.25, 0.3) is 0 Å². The van der Waals surface area contributed by atoms with Crippen LogP contribution in [0, 0.1) is 0 Å². The third-order valence-electron chi connectivity index (χ3n) is 3.27. The minimum absolute atomic E-state index is 0.129. The number of carbonyl (C=O) groups is 1. The monoisotopic (exact) mass is 237 g/mol. The van der Waals surface area contributed by atoms with E-state index in [1.165, 1.54) is 0 Å². The molecule has 0 saturated carbocycles. The van der Waals surface area contributed by atoms with E-state index in [1.54, 1.807) is 6.26 Å². The molecule has 94 valence electrons. The average Bonchev–Trinajstić information content (AvgIpc) is 2.84. The summed E-state index contributed by atoms with van der Waals surface area (Å²) >= 11 is 0. The molecule has 0 bridgehead atoms. The van der Waals surface area contributed by atoms with Crippen LogP contribution < -0.4 is 11.1 Å². The fraction of sp³-hybridized carbons (Fsp3) is 0.583. The molecule has 1 aliphatic heterocycles. The van der Waals surface area contributed by atoms with Crippen LogP contribution in [0.5, 0.6) is 0 Å². The molecule has 2 atom stereocenters. The van der Waals surface area contributed by atoms with Gasteiger partial charge in [-0.2, -0.15) is 0 Å². The van der Waals surface area contributed by atoms with E-state index in [9.17, 15) is 4.79 Å². The van der Waals surface area contributed by atoms with Gasteiger partial charge in [0.2, 0.25) is 5.91 Å². The summed E-state index contributed by atoms with van der Waals surface area (Å²) in [6, 6.07) is 3.71. The number of nitrogens with zero attached hydrogens (tertiary/aromatic N) is 1. The Morgan fingerprint density at radius 1 is 1.76 bits per heavy atom. The molecule has 3 N–H and O–H groups in total. The van der Waals surface area contributed by atoms with E-state index in [-0.39, 0.29) is 18.0 Å². The number of amides is 1. The number of rotatable bonds is 4. The fourth-order valence-electron chi connectivity index (χ4n) is 2.44. The molecule has 0 aliphatic carbocycles. The Kier molecular flexibility index (Phi) is 3.81. The second-order valence-electron chi connectivity index (χ2n) is 4.30. The van der Waals surface area contributed by atoms with Crippen LogP contribution in [0.2, 0.25) is 0 Å². The number of hydrogen-bond acceptors (Lipinski definition) is 4. The third-order valence-corrected chi connectivity index (χ3v) is 3.27. The Labute approximate surface area is 101 Å². The maximum atomic E-state index is 11.5. The molecule has 1 aromatic rings. The van der Waals surface area contributed by atoms with Crippen LogP contribution in [0.1, 0.15) is 25.1 Å². The standard InChI is InChI=1S/C12H19N3O2/c1-2-9(11-4-3-7-17-11)15-6-5-14-8-10(15)12(13)16/h3-4,7,9-10,14H,2,5-6,8H2,1H3,(H2,13,16). The predicted octanol–water partition coefficient (Wildman–Crippen LogP) is 0.490. The molecule has 5 nitrogen and oxygen atoms in total. The number of nitrogens with one attached hydrogen (secondary N) is 1. The molecule has 2 rings (SSSR count). The summed E-state index contributed by atoms with van der Waals surface area (Å²) in [5.74, 6) is 0.628. The van der Waals surface area contributed by atoms with Crippen LogP contribution >= 0.6 is 0 Å². The van der Waals surface area contributed by atoms with Gasteiger partial charge in [0.05, 0.1) is 12.3 Å². The van der Waals surface area contributed by atoms with Gasteiger partial charge in [0.25, 0.3) is 0 Å². The van der Waals surface area contributed by atoms with Crippen molar-refractivity contribution in [2.24, 2.45) is 5.73 Å². The Hall–Kier alpha value is -1.33. The molecular weight excluding hydrogens is 218 g/mol. The molecule has 1 saturated heterocycles. The van der Waals surface area contributed by atoms with Gasteiger partial charge in [-0.05, 0) is 18.6 Å². The largest absolute Gasteiger partial charge is 0.468 e. The average molecular weight is 237 g/mol. The Bertz CT molecular complexity index is 364. The zero-order chi connectivity index (χ0) is 12.3. The first-order chi connectivity index (χ1) is 8.24. The molecule has 1 aliphatic rings. The summed E-state index contributed by atoms with van der Waals surface area (Å²) in [6.07, 6.45) is 2.57. The summed E-state index contributed by atoms with van der Waals surface area (Å²) in [6.45, 7) is 4.40. The predicted molar refractivity (Wildman–Crippen MR) is 64.3 cm³/mol. The van der Waals surface area contributed by atoms with E-state index in [0.717, 1.165) is 25.3 Å². The number of primary amides is 1. The van der Waals surface area contributed by atoms with Crippen molar-refractivity contribution in [3.05, 3.63) is 24.2 Å². The SMILES string of the molecule is CCC(c1ccco1)N1CCNCC1C(N)=O. The number of nitrogens with two attached hydrogens (primary N) is 1. The summed E-state index contributed by atoms with van der Waals surface area (Å²) < 4.78 is 5.45. The van der Waals surface area contributed by atoms with E-state index in [2.05, 4.69) is 17.1 Å². The highest BCUT2D eigenvalue weighted by Gasteiger charge is 2.33. The molecule has 1 amide bonds. The third kappa shape index (κ3) is 2.50. The summed E-state index contributed by atoms with van der Waals surface area (Å²) in [5.41, 5.74) is 5.45. The van der Waals surface area contributed by atoms with Crippen molar-refractivity contribution in [2.75, 3.05) is 19.6 Å². The van der Waals surface area contributed by atoms with Crippen molar-refractivity contribution in [2.45, 2.75) is 25.4 Å². The van der Waals surface area contributed by atoms with E-state index in [0.29, 0.717) is 6.54 Å². The smallest absolute Gasteiger partial charge is 0.236 e. The molecule has 2 heterocycles. The first-order valence-corrected chi connectivity index (χ1v) is 6.03. The number of furan rings is 1. The van der Waals surface area contributed by atoms with Crippen molar-refractivity contribution >= 4 is 5.91 Å². The van der Waals surface area contributed by atoms with Gasteiger partial charge < -0.3 is 15.5 Å². The number of carbonyl (C=O) groups excluding carboxylic acids is 1. The molecule has 2 unspecified atom stereocenters. The zero-order valence-corrected chi connectivity index (χ0v) is 10.1. The van der Waals surface area contributed by atoms with Gasteiger partial charge in [-0.1, -0.05) is 6.92 Å². The molecule has 0 aromatic carbocycles. The zero-order valence-electron chi connectivity index (χ0n) is 10.1. The highest BCUT2D eigenvalue weighted by molar-refractivity contribution is 5.80. The maximum Gasteiger partial charge on any atom is 0.236 e. The molecule has 5 heteroatoms. The van der Waals surface area contributed by atoms with Gasteiger partial charge in [-0.3, -0.25) is 9.69 Å². The lowest BCUT2D eigenvalue weighted by molar-refractivity contribution is -0.125. The van der Waals surface area contributed by atoms with Gasteiger partial charge >= 0.3 is 0 Å². The second-order valence-corrected chi connectivity index (χ2v) is 4.30. The molecule has 0 spiro atoms. The van der Waals surface area contributed by atoms with E-state index >= 15 is 0 Å². The van der Waals surface area contributed by atoms with Gasteiger partial charge in [-0.15, -0.1) is 0 Å². The normalized spacial score (nSPS) is 23.5. The van der Waals surface area contributed by atoms with Crippen molar-refractivity contribution in [3.63, 3.8) is 0 Å². The summed E-state index contributed by atoms with van der Waals surface area (Å²) in [4.78, 5) is 13.6. The fourth-order valence-corrected chi connectivity index (χ4v) is 2.44. The van der Waals surface area contributed by atoms with Gasteiger partial charge in [-0.25, -0.2) is 0 Å². The molecular formula is C12H19N3O2. The maximum absolute atomic E-state index is 11.5. The lowest BCUT2D eigenvalue weighted by atomic mass is 10.0. The first kappa shape index (κ1) is 12.1. The molecule has 1 aromatic heterocycles. The first-order valence-electron chi connectivity index (χ1n) is 6.03. The van der Waals surface area contributed by atoms with E-state index in [1.807, 2.05) is 12.1 Å². The van der Waals surface area contributed by atoms with Gasteiger partial charge in [0, 0.05) is 19.6 Å². The van der Waals surface area contributed by atoms with Crippen molar-refractivity contribution in [1.29, 1.82) is 0 Å². The van der Waals surface area contributed by atoms with Crippen molar-refractivity contribution in [3.8, 4) is 0 Å². The lowest BCUT2D eigenvalue weighted by Gasteiger charge is -2.38. The number of hydrogen-bond donors (Lipinski definition) is 2. The topological polar surface area (TPSA) is 71.5 Å². The molecule has 17 heavy (non-hydrogen) atoms. The highest BCUT2D eigenvalue weighted by atomic mass is 16.3. The van der Waals surface area contributed by atoms with Gasteiger partial charge in [0.1, 0.15) is 11.8 Å². The van der Waals surface area contributed by atoms with Crippen LogP contribution in [-0.2, 0) is 4.79 Å². The Balaban J connectivity index is 2.19. The Morgan fingerprint density at radius 2 is 2.59 bits per heavy atom. The van der Waals surface area contributed by atoms with E-state index < -0.39 is 0 Å². The van der Waals surface area contributed by atoms with Gasteiger partial charge in [0.15, 0.2) is 0 Å². The summed E-state index contributed by atoms with van der Waals surface area (Å²) in [7, 11) is 0. The van der Waals surface area contributed by atoms with Crippen LogP contribution in [0.15, 0.2) is 22.8 Å². The number of piperazine rings is 1. The molecule has 0 radical (unpaired) electrons. The van der Waals surface area contributed by atoms with Crippen LogP contribution in [-0.4, -0.2) is 36.5 Å². The quantitative estimate of drug-likeness (QED) is 0.799. The second kappa shape index (κ2) is 5.33. The minimum Gasteiger partial charge on any atom is -0.468 e. The van der Waals surface area contributed by atoms with Crippen LogP contribution in [0.3, 0.4) is 0 Å². The lowest BCUT2D eigenvalue weighted by Crippen LogP contribution is -2.57. The Morgan fingerprint density at radius 3 is 3.18 bits per heavy atom. The van der Waals surface area contributed by atoms with E-state index in [4.69, 9.17) is 10.2 Å². The van der Waals surface area contributed by atoms with Crippen molar-refractivity contribution < 1.29 is 9.21 Å². The van der Waals surface area contributed by atoms with Crippen LogP contribution in [0.4, 0.5) is 0 Å². The molecule has 1 fully saturated rings. The van der Waals surface area contributed by atoms with Crippen molar-refractivity contribution in [1.82, 2.24) is 10.2 Å².